The zero-order chi connectivity index (χ0) is 23.2. The molecule has 0 radical (unpaired) electrons. The van der Waals surface area contributed by atoms with E-state index >= 15 is 0 Å². The number of hydrogen-bond donors (Lipinski definition) is 1. The van der Waals surface area contributed by atoms with E-state index in [-0.39, 0.29) is 35.7 Å². The lowest BCUT2D eigenvalue weighted by Crippen LogP contribution is -2.34. The Kier molecular flexibility index (Phi) is 8.54. The van der Waals surface area contributed by atoms with Crippen LogP contribution in [0, 0.1) is 16.0 Å². The molecule has 9 nitrogen and oxygen atoms in total. The van der Waals surface area contributed by atoms with Crippen LogP contribution >= 0.6 is 11.3 Å². The summed E-state index contributed by atoms with van der Waals surface area (Å²) < 4.78 is 31.9. The van der Waals surface area contributed by atoms with Crippen LogP contribution in [0.3, 0.4) is 0 Å². The summed E-state index contributed by atoms with van der Waals surface area (Å²) in [5.41, 5.74) is -0.514. The largest absolute Gasteiger partial charge is 0.477 e. The number of carbonyl (C=O) groups excluding carboxylic acids is 1. The van der Waals surface area contributed by atoms with Crippen LogP contribution in [0.4, 0.5) is 5.69 Å². The van der Waals surface area contributed by atoms with E-state index in [9.17, 15) is 23.3 Å². The van der Waals surface area contributed by atoms with Crippen molar-refractivity contribution in [2.75, 3.05) is 19.7 Å². The van der Waals surface area contributed by atoms with E-state index in [2.05, 4.69) is 5.32 Å². The van der Waals surface area contributed by atoms with Gasteiger partial charge in [-0.25, -0.2) is 8.42 Å². The summed E-state index contributed by atoms with van der Waals surface area (Å²) in [5.74, 6) is -0.460. The summed E-state index contributed by atoms with van der Waals surface area (Å²) in [6.07, 6.45) is 0. The minimum absolute atomic E-state index is 0.140. The molecule has 31 heavy (non-hydrogen) atoms. The van der Waals surface area contributed by atoms with Crippen molar-refractivity contribution in [3.05, 3.63) is 50.7 Å². The van der Waals surface area contributed by atoms with Crippen LogP contribution in [0.2, 0.25) is 0 Å². The number of sulfonamides is 1. The molecule has 1 atom stereocenters. The highest BCUT2D eigenvalue weighted by atomic mass is 32.2. The molecule has 1 amide bonds. The fourth-order valence-electron chi connectivity index (χ4n) is 3.03. The molecule has 0 aliphatic carbocycles. The molecule has 1 aromatic heterocycles. The number of carbonyl (C=O) groups is 1. The molecule has 0 saturated carbocycles. The van der Waals surface area contributed by atoms with E-state index in [0.717, 1.165) is 10.9 Å². The van der Waals surface area contributed by atoms with Crippen molar-refractivity contribution in [3.63, 3.8) is 0 Å². The van der Waals surface area contributed by atoms with Crippen LogP contribution in [-0.4, -0.2) is 43.2 Å². The van der Waals surface area contributed by atoms with E-state index < -0.39 is 33.1 Å². The zero-order valence-electron chi connectivity index (χ0n) is 17.9. The van der Waals surface area contributed by atoms with Crippen molar-refractivity contribution < 1.29 is 22.9 Å². The number of amides is 1. The monoisotopic (exact) mass is 469 g/mol. The molecule has 1 N–H and O–H groups in total. The smallest absolute Gasteiger partial charge is 0.312 e. The van der Waals surface area contributed by atoms with Gasteiger partial charge in [0.25, 0.3) is 5.91 Å². The van der Waals surface area contributed by atoms with Gasteiger partial charge in [0, 0.05) is 24.0 Å². The summed E-state index contributed by atoms with van der Waals surface area (Å²) in [6, 6.07) is 7.04. The second-order valence-electron chi connectivity index (χ2n) is 7.07. The number of nitrogens with zero attached hydrogens (tertiary/aromatic N) is 2. The van der Waals surface area contributed by atoms with Crippen molar-refractivity contribution in [2.24, 2.45) is 5.92 Å². The Hall–Kier alpha value is -2.50. The molecule has 0 aliphatic rings. The minimum atomic E-state index is -3.86. The van der Waals surface area contributed by atoms with E-state index in [1.165, 1.54) is 27.8 Å². The molecule has 0 aliphatic heterocycles. The molecule has 1 unspecified atom stereocenters. The van der Waals surface area contributed by atoms with Crippen molar-refractivity contribution in [2.45, 2.75) is 38.6 Å². The molecule has 0 fully saturated rings. The van der Waals surface area contributed by atoms with E-state index in [4.69, 9.17) is 4.74 Å². The number of ether oxygens (including phenoxy) is 1. The van der Waals surface area contributed by atoms with Gasteiger partial charge in [0.1, 0.15) is 0 Å². The molecular formula is C20H27N3O6S2. The highest BCUT2D eigenvalue weighted by Gasteiger charge is 2.27. The highest BCUT2D eigenvalue weighted by Crippen LogP contribution is 2.31. The third kappa shape index (κ3) is 6.02. The molecular weight excluding hydrogens is 442 g/mol. The molecule has 2 rings (SSSR count). The lowest BCUT2D eigenvalue weighted by atomic mass is 10.0. The van der Waals surface area contributed by atoms with Crippen LogP contribution < -0.4 is 10.1 Å². The molecule has 1 heterocycles. The van der Waals surface area contributed by atoms with Gasteiger partial charge in [-0.15, -0.1) is 11.3 Å². The standard InChI is InChI=1S/C20H27N3O6S2/c1-5-22(6-2)31(27,28)15-9-10-17(16(12-15)23(25)26)29-13-19(24)21-20(14(3)4)18-8-7-11-30-18/h7-12,14,20H,5-6,13H2,1-4H3,(H,21,24). The van der Waals surface area contributed by atoms with Crippen LogP contribution in [-0.2, 0) is 14.8 Å². The van der Waals surface area contributed by atoms with Crippen molar-refractivity contribution in [3.8, 4) is 5.75 Å². The molecule has 2 aromatic rings. The normalized spacial score (nSPS) is 12.7. The lowest BCUT2D eigenvalue weighted by Gasteiger charge is -2.21. The first-order chi connectivity index (χ1) is 14.6. The molecule has 0 bridgehead atoms. The van der Waals surface area contributed by atoms with Gasteiger partial charge in [0.15, 0.2) is 12.4 Å². The third-order valence-electron chi connectivity index (χ3n) is 4.66. The van der Waals surface area contributed by atoms with Crippen LogP contribution in [0.1, 0.15) is 38.6 Å². The zero-order valence-corrected chi connectivity index (χ0v) is 19.5. The van der Waals surface area contributed by atoms with Gasteiger partial charge in [-0.3, -0.25) is 14.9 Å². The fourth-order valence-corrected chi connectivity index (χ4v) is 5.46. The van der Waals surface area contributed by atoms with Gasteiger partial charge in [-0.2, -0.15) is 4.31 Å². The van der Waals surface area contributed by atoms with Crippen molar-refractivity contribution in [1.29, 1.82) is 0 Å². The Morgan fingerprint density at radius 2 is 1.94 bits per heavy atom. The Balaban J connectivity index is 2.18. The quantitative estimate of drug-likeness (QED) is 0.397. The first-order valence-corrected chi connectivity index (χ1v) is 12.2. The van der Waals surface area contributed by atoms with Crippen molar-refractivity contribution in [1.82, 2.24) is 9.62 Å². The maximum absolute atomic E-state index is 12.6. The number of thiophene rings is 1. The van der Waals surface area contributed by atoms with E-state index in [0.29, 0.717) is 0 Å². The van der Waals surface area contributed by atoms with Gasteiger partial charge in [0.05, 0.1) is 15.9 Å². The second kappa shape index (κ2) is 10.7. The minimum Gasteiger partial charge on any atom is -0.477 e. The van der Waals surface area contributed by atoms with Gasteiger partial charge in [-0.1, -0.05) is 33.8 Å². The number of nitro groups is 1. The van der Waals surface area contributed by atoms with Crippen LogP contribution in [0.25, 0.3) is 0 Å². The predicted molar refractivity (Wildman–Crippen MR) is 119 cm³/mol. The maximum Gasteiger partial charge on any atom is 0.312 e. The summed E-state index contributed by atoms with van der Waals surface area (Å²) in [6.45, 7) is 7.38. The maximum atomic E-state index is 12.6. The summed E-state index contributed by atoms with van der Waals surface area (Å²) >= 11 is 1.53. The Morgan fingerprint density at radius 1 is 1.26 bits per heavy atom. The number of nitrogens with one attached hydrogen (secondary N) is 1. The van der Waals surface area contributed by atoms with Crippen molar-refractivity contribution >= 4 is 33.0 Å². The number of benzene rings is 1. The summed E-state index contributed by atoms with van der Waals surface area (Å²) in [4.78, 5) is 24.0. The van der Waals surface area contributed by atoms with Gasteiger partial charge in [0.2, 0.25) is 10.0 Å². The number of nitro benzene ring substituents is 1. The first-order valence-electron chi connectivity index (χ1n) is 9.85. The van der Waals surface area contributed by atoms with Gasteiger partial charge >= 0.3 is 5.69 Å². The molecule has 1 aromatic carbocycles. The second-order valence-corrected chi connectivity index (χ2v) is 9.99. The third-order valence-corrected chi connectivity index (χ3v) is 7.66. The molecule has 170 valence electrons. The van der Waals surface area contributed by atoms with Crippen LogP contribution in [0.5, 0.6) is 5.75 Å². The fraction of sp³-hybridized carbons (Fsp3) is 0.450. The number of rotatable bonds is 11. The predicted octanol–water partition coefficient (Wildman–Crippen LogP) is 3.58. The molecule has 0 saturated heterocycles. The van der Waals surface area contributed by atoms with Gasteiger partial charge < -0.3 is 10.1 Å². The van der Waals surface area contributed by atoms with E-state index in [1.807, 2.05) is 31.4 Å². The molecule has 0 spiro atoms. The Labute approximate surface area is 186 Å². The highest BCUT2D eigenvalue weighted by molar-refractivity contribution is 7.89. The first kappa shape index (κ1) is 24.8. The van der Waals surface area contributed by atoms with E-state index in [1.54, 1.807) is 13.8 Å². The SMILES string of the molecule is CCN(CC)S(=O)(=O)c1ccc(OCC(=O)NC(c2cccs2)C(C)C)c([N+](=O)[O-])c1. The Bertz CT molecular complexity index is 1000. The lowest BCUT2D eigenvalue weighted by molar-refractivity contribution is -0.386. The average Bonchev–Trinajstić information content (AvgIpc) is 3.25. The summed E-state index contributed by atoms with van der Waals surface area (Å²) in [7, 11) is -3.86. The summed E-state index contributed by atoms with van der Waals surface area (Å²) in [5, 5.41) is 16.3. The average molecular weight is 470 g/mol. The Morgan fingerprint density at radius 3 is 2.45 bits per heavy atom. The topological polar surface area (TPSA) is 119 Å². The number of hydrogen-bond acceptors (Lipinski definition) is 7. The molecule has 11 heteroatoms. The van der Waals surface area contributed by atoms with Gasteiger partial charge in [-0.05, 0) is 29.5 Å². The van der Waals surface area contributed by atoms with Crippen LogP contribution in [0.15, 0.2) is 40.6 Å².